The number of hydrogen-bond donors (Lipinski definition) is 1. The number of aryl methyl sites for hydroxylation is 1. The normalized spacial score (nSPS) is 11.3. The number of carbonyl (C=O) groups excluding carboxylic acids is 1. The summed E-state index contributed by atoms with van der Waals surface area (Å²) in [5.41, 5.74) is 3.55. The van der Waals surface area contributed by atoms with Gasteiger partial charge in [-0.1, -0.05) is 12.1 Å². The van der Waals surface area contributed by atoms with E-state index < -0.39 is 5.97 Å². The van der Waals surface area contributed by atoms with Crippen LogP contribution in [-0.4, -0.2) is 37.0 Å². The second kappa shape index (κ2) is 9.96. The predicted octanol–water partition coefficient (Wildman–Crippen LogP) is 5.04. The van der Waals surface area contributed by atoms with E-state index in [1.165, 1.54) is 18.5 Å². The number of aromatic nitrogens is 4. The molecule has 2 aromatic heterocycles. The lowest BCUT2D eigenvalue weighted by molar-refractivity contribution is 0.0527. The Bertz CT molecular complexity index is 1290. The zero-order valence-electron chi connectivity index (χ0n) is 18.1. The number of ether oxygens (including phenoxy) is 1. The van der Waals surface area contributed by atoms with Crippen LogP contribution in [0, 0.1) is 5.82 Å². The molecule has 0 aliphatic rings. The number of fused-ring (bicyclic) bond motifs is 1. The summed E-state index contributed by atoms with van der Waals surface area (Å²) in [6.07, 6.45) is 2.97. The van der Waals surface area contributed by atoms with Gasteiger partial charge in [0.1, 0.15) is 24.2 Å². The fraction of sp³-hybridized carbons (Fsp3) is 0.261. The highest BCUT2D eigenvalue weighted by atomic mass is 79.9. The van der Waals surface area contributed by atoms with Gasteiger partial charge in [-0.25, -0.2) is 18.9 Å². The van der Waals surface area contributed by atoms with E-state index in [-0.39, 0.29) is 24.7 Å². The summed E-state index contributed by atoms with van der Waals surface area (Å²) < 4.78 is 22.7. The first kappa shape index (κ1) is 23.3. The van der Waals surface area contributed by atoms with Gasteiger partial charge in [-0.05, 0) is 46.6 Å². The van der Waals surface area contributed by atoms with E-state index in [1.807, 2.05) is 11.6 Å². The van der Waals surface area contributed by atoms with Gasteiger partial charge >= 0.3 is 5.97 Å². The number of nitrogens with zero attached hydrogens (tertiary/aromatic N) is 4. The summed E-state index contributed by atoms with van der Waals surface area (Å²) in [7, 11) is 1.89. The summed E-state index contributed by atoms with van der Waals surface area (Å²) in [4.78, 5) is 17.1. The molecule has 0 atom stereocenters. The Morgan fingerprint density at radius 3 is 2.70 bits per heavy atom. The van der Waals surface area contributed by atoms with Gasteiger partial charge in [0.05, 0.1) is 28.7 Å². The number of halogens is 2. The Balaban J connectivity index is 1.79. The van der Waals surface area contributed by atoms with E-state index in [4.69, 9.17) is 4.74 Å². The molecule has 0 aliphatic carbocycles. The average Bonchev–Trinajstić information content (AvgIpc) is 3.40. The highest BCUT2D eigenvalue weighted by molar-refractivity contribution is 9.10. The Kier molecular flexibility index (Phi) is 7.04. The molecular weight excluding hydrogens is 511 g/mol. The van der Waals surface area contributed by atoms with Crippen LogP contribution in [0.3, 0.4) is 0 Å². The highest BCUT2D eigenvalue weighted by Crippen LogP contribution is 2.40. The highest BCUT2D eigenvalue weighted by Gasteiger charge is 2.27. The van der Waals surface area contributed by atoms with Crippen LogP contribution >= 0.6 is 27.7 Å². The van der Waals surface area contributed by atoms with Crippen molar-refractivity contribution in [3.63, 3.8) is 0 Å². The molecule has 1 N–H and O–H groups in total. The van der Waals surface area contributed by atoms with E-state index >= 15 is 0 Å². The van der Waals surface area contributed by atoms with Crippen molar-refractivity contribution in [2.45, 2.75) is 25.0 Å². The number of esters is 1. The number of phenols is 1. The van der Waals surface area contributed by atoms with E-state index in [0.717, 1.165) is 16.8 Å². The van der Waals surface area contributed by atoms with Gasteiger partial charge in [-0.15, -0.1) is 0 Å². The minimum absolute atomic E-state index is 0.0414. The molecule has 2 heterocycles. The molecule has 4 aromatic rings. The maximum Gasteiger partial charge on any atom is 0.340 e. The number of thioether (sulfide) groups is 1. The Hall–Kier alpha value is -2.85. The van der Waals surface area contributed by atoms with Gasteiger partial charge in [-0.2, -0.15) is 16.9 Å². The van der Waals surface area contributed by atoms with Gasteiger partial charge in [0.25, 0.3) is 0 Å². The average molecular weight is 533 g/mol. The molecule has 10 heteroatoms. The van der Waals surface area contributed by atoms with Crippen molar-refractivity contribution < 1.29 is 19.0 Å². The van der Waals surface area contributed by atoms with Crippen molar-refractivity contribution in [1.82, 2.24) is 19.3 Å². The standard InChI is InChI=1S/C23H22BrFN4O3S/c1-3-32-23(31)21-19(11-33-10-14-4-6-15(25)7-5-14)28(2)18-8-17(24)22(30)16(20(18)21)9-29-13-26-12-27-29/h4-8,12-13,30H,3,9-11H2,1-2H3. The first-order valence-corrected chi connectivity index (χ1v) is 12.2. The second-order valence-electron chi connectivity index (χ2n) is 7.39. The maximum absolute atomic E-state index is 13.2. The molecule has 0 amide bonds. The fourth-order valence-corrected chi connectivity index (χ4v) is 5.26. The third kappa shape index (κ3) is 4.77. The Morgan fingerprint density at radius 1 is 1.27 bits per heavy atom. The van der Waals surface area contributed by atoms with Gasteiger partial charge in [0.15, 0.2) is 0 Å². The minimum atomic E-state index is -0.443. The number of carbonyl (C=O) groups is 1. The summed E-state index contributed by atoms with van der Waals surface area (Å²) in [6.45, 7) is 2.23. The lowest BCUT2D eigenvalue weighted by Crippen LogP contribution is -2.09. The summed E-state index contributed by atoms with van der Waals surface area (Å²) in [5, 5.41) is 15.6. The lowest BCUT2D eigenvalue weighted by Gasteiger charge is -2.11. The monoisotopic (exact) mass is 532 g/mol. The molecule has 0 radical (unpaired) electrons. The van der Waals surface area contributed by atoms with Crippen LogP contribution < -0.4 is 0 Å². The smallest absolute Gasteiger partial charge is 0.340 e. The number of aromatic hydroxyl groups is 1. The number of hydrogen-bond acceptors (Lipinski definition) is 6. The lowest BCUT2D eigenvalue weighted by atomic mass is 10.0. The molecule has 7 nitrogen and oxygen atoms in total. The molecule has 0 bridgehead atoms. The number of rotatable bonds is 8. The van der Waals surface area contributed by atoms with Crippen LogP contribution in [0.15, 0.2) is 47.5 Å². The van der Waals surface area contributed by atoms with Crippen LogP contribution in [0.2, 0.25) is 0 Å². The fourth-order valence-electron chi connectivity index (χ4n) is 3.75. The molecule has 172 valence electrons. The van der Waals surface area contributed by atoms with Crippen molar-refractivity contribution in [1.29, 1.82) is 0 Å². The molecule has 0 aliphatic heterocycles. The predicted molar refractivity (Wildman–Crippen MR) is 129 cm³/mol. The van der Waals surface area contributed by atoms with E-state index in [9.17, 15) is 14.3 Å². The second-order valence-corrected chi connectivity index (χ2v) is 9.23. The molecule has 33 heavy (non-hydrogen) atoms. The number of benzene rings is 2. The van der Waals surface area contributed by atoms with Gasteiger partial charge in [0, 0.05) is 35.2 Å². The van der Waals surface area contributed by atoms with Crippen molar-refractivity contribution >= 4 is 44.6 Å². The van der Waals surface area contributed by atoms with Crippen LogP contribution in [0.1, 0.15) is 34.1 Å². The van der Waals surface area contributed by atoms with Gasteiger partial charge in [-0.3, -0.25) is 0 Å². The van der Waals surface area contributed by atoms with Crippen molar-refractivity contribution in [2.75, 3.05) is 6.61 Å². The molecule has 0 fully saturated rings. The summed E-state index contributed by atoms with van der Waals surface area (Å²) >= 11 is 5.05. The first-order chi connectivity index (χ1) is 15.9. The maximum atomic E-state index is 13.2. The van der Waals surface area contributed by atoms with Crippen LogP contribution in [0.25, 0.3) is 10.9 Å². The number of phenolic OH excluding ortho intramolecular Hbond substituents is 1. The first-order valence-electron chi connectivity index (χ1n) is 10.2. The molecule has 0 saturated carbocycles. The zero-order valence-corrected chi connectivity index (χ0v) is 20.5. The largest absolute Gasteiger partial charge is 0.506 e. The summed E-state index contributed by atoms with van der Waals surface area (Å²) in [6, 6.07) is 8.18. The van der Waals surface area contributed by atoms with E-state index in [1.54, 1.807) is 47.9 Å². The topological polar surface area (TPSA) is 82.2 Å². The van der Waals surface area contributed by atoms with E-state index in [2.05, 4.69) is 26.0 Å². The molecule has 2 aromatic carbocycles. The van der Waals surface area contributed by atoms with Crippen molar-refractivity contribution in [3.05, 3.63) is 75.7 Å². The molecular formula is C23H22BrFN4O3S. The van der Waals surface area contributed by atoms with Crippen LogP contribution in [0.5, 0.6) is 5.75 Å². The van der Waals surface area contributed by atoms with Crippen molar-refractivity contribution in [2.24, 2.45) is 7.05 Å². The molecule has 0 spiro atoms. The Morgan fingerprint density at radius 2 is 2.03 bits per heavy atom. The zero-order chi connectivity index (χ0) is 23.5. The van der Waals surface area contributed by atoms with Crippen LogP contribution in [-0.2, 0) is 29.8 Å². The van der Waals surface area contributed by atoms with Crippen LogP contribution in [0.4, 0.5) is 4.39 Å². The van der Waals surface area contributed by atoms with Gasteiger partial charge in [0.2, 0.25) is 0 Å². The van der Waals surface area contributed by atoms with Gasteiger partial charge < -0.3 is 14.4 Å². The van der Waals surface area contributed by atoms with Crippen molar-refractivity contribution in [3.8, 4) is 5.75 Å². The quantitative estimate of drug-likeness (QED) is 0.320. The Labute approximate surface area is 202 Å². The van der Waals surface area contributed by atoms with E-state index in [0.29, 0.717) is 32.5 Å². The summed E-state index contributed by atoms with van der Waals surface area (Å²) in [5.74, 6) is 0.511. The molecule has 4 rings (SSSR count). The minimum Gasteiger partial charge on any atom is -0.506 e. The molecule has 0 saturated heterocycles. The SMILES string of the molecule is CCOC(=O)c1c(CSCc2ccc(F)cc2)n(C)c2cc(Br)c(O)c(Cn3cncn3)c12. The third-order valence-electron chi connectivity index (χ3n) is 5.33. The molecule has 0 unspecified atom stereocenters. The third-order valence-corrected chi connectivity index (χ3v) is 6.94.